The summed E-state index contributed by atoms with van der Waals surface area (Å²) in [6, 6.07) is 17.5. The molecule has 0 saturated carbocycles. The van der Waals surface area contributed by atoms with Crippen LogP contribution in [-0.4, -0.2) is 16.8 Å². The fourth-order valence-corrected chi connectivity index (χ4v) is 3.31. The lowest BCUT2D eigenvalue weighted by Gasteiger charge is -2.24. The molecule has 1 atom stereocenters. The molecule has 2 amide bonds. The van der Waals surface area contributed by atoms with E-state index >= 15 is 0 Å². The van der Waals surface area contributed by atoms with E-state index in [-0.39, 0.29) is 17.7 Å². The zero-order valence-corrected chi connectivity index (χ0v) is 14.2. The summed E-state index contributed by atoms with van der Waals surface area (Å²) >= 11 is 0. The zero-order valence-electron chi connectivity index (χ0n) is 14.2. The second-order valence-electron chi connectivity index (χ2n) is 6.55. The van der Waals surface area contributed by atoms with Crippen LogP contribution in [-0.2, 0) is 16.0 Å². The summed E-state index contributed by atoms with van der Waals surface area (Å²) in [5, 5.41) is 6.78. The van der Waals surface area contributed by atoms with E-state index in [1.54, 1.807) is 6.20 Å². The molecule has 2 heterocycles. The molecule has 2 aromatic carbocycles. The minimum Gasteiger partial charge on any atom is -0.326 e. The van der Waals surface area contributed by atoms with Crippen LogP contribution in [0.5, 0.6) is 0 Å². The van der Waals surface area contributed by atoms with Crippen molar-refractivity contribution in [2.75, 3.05) is 10.6 Å². The van der Waals surface area contributed by atoms with E-state index in [1.807, 2.05) is 54.6 Å². The number of nitrogens with one attached hydrogen (secondary N) is 2. The first-order valence-electron chi connectivity index (χ1n) is 8.72. The Bertz CT molecular complexity index is 984. The largest absolute Gasteiger partial charge is 0.326 e. The number of hydrogen-bond donors (Lipinski definition) is 2. The first-order valence-corrected chi connectivity index (χ1v) is 8.72. The van der Waals surface area contributed by atoms with E-state index in [1.165, 1.54) is 0 Å². The quantitative estimate of drug-likeness (QED) is 0.756. The molecular formula is C21H19N3O2. The van der Waals surface area contributed by atoms with Gasteiger partial charge in [0.1, 0.15) is 0 Å². The first-order chi connectivity index (χ1) is 12.7. The third-order valence-corrected chi connectivity index (χ3v) is 4.71. The minimum absolute atomic E-state index is 0.0103. The number of amides is 2. The summed E-state index contributed by atoms with van der Waals surface area (Å²) in [6.07, 6.45) is 3.15. The van der Waals surface area contributed by atoms with Gasteiger partial charge in [0.2, 0.25) is 11.8 Å². The van der Waals surface area contributed by atoms with Gasteiger partial charge in [0.15, 0.2) is 0 Å². The second-order valence-corrected chi connectivity index (χ2v) is 6.55. The predicted octanol–water partition coefficient (Wildman–Crippen LogP) is 3.76. The monoisotopic (exact) mass is 345 g/mol. The van der Waals surface area contributed by atoms with Crippen LogP contribution in [0.4, 0.5) is 11.4 Å². The summed E-state index contributed by atoms with van der Waals surface area (Å²) < 4.78 is 0. The third-order valence-electron chi connectivity index (χ3n) is 4.71. The molecule has 0 spiro atoms. The van der Waals surface area contributed by atoms with Crippen molar-refractivity contribution in [3.05, 3.63) is 66.4 Å². The van der Waals surface area contributed by atoms with Crippen LogP contribution in [0.2, 0.25) is 0 Å². The van der Waals surface area contributed by atoms with Crippen molar-refractivity contribution >= 4 is 34.1 Å². The second kappa shape index (κ2) is 6.96. The number of pyridine rings is 1. The van der Waals surface area contributed by atoms with Gasteiger partial charge in [0.25, 0.3) is 0 Å². The number of nitrogens with zero attached hydrogens (tertiary/aromatic N) is 1. The van der Waals surface area contributed by atoms with Crippen molar-refractivity contribution < 1.29 is 9.59 Å². The summed E-state index contributed by atoms with van der Waals surface area (Å²) in [5.41, 5.74) is 3.56. The van der Waals surface area contributed by atoms with Crippen molar-refractivity contribution in [3.63, 3.8) is 0 Å². The summed E-state index contributed by atoms with van der Waals surface area (Å²) in [6.45, 7) is 0. The molecule has 5 nitrogen and oxygen atoms in total. The fraction of sp³-hybridized carbons (Fsp3) is 0.190. The van der Waals surface area contributed by atoms with Crippen LogP contribution in [0.15, 0.2) is 60.8 Å². The first kappa shape index (κ1) is 16.3. The van der Waals surface area contributed by atoms with Gasteiger partial charge in [-0.2, -0.15) is 0 Å². The van der Waals surface area contributed by atoms with E-state index in [4.69, 9.17) is 0 Å². The van der Waals surface area contributed by atoms with Crippen LogP contribution < -0.4 is 10.6 Å². The number of carbonyl (C=O) groups is 2. The van der Waals surface area contributed by atoms with Crippen LogP contribution in [0.25, 0.3) is 10.9 Å². The Hall–Kier alpha value is -3.21. The van der Waals surface area contributed by atoms with Crippen LogP contribution in [0.3, 0.4) is 0 Å². The smallest absolute Gasteiger partial charge is 0.227 e. The van der Waals surface area contributed by atoms with Crippen LogP contribution in [0.1, 0.15) is 18.4 Å². The molecule has 0 saturated heterocycles. The Balaban J connectivity index is 1.37. The molecule has 5 heteroatoms. The highest BCUT2D eigenvalue weighted by Crippen LogP contribution is 2.27. The SMILES string of the molecule is O=C(CCC1Cc2ccccc2NC1=O)Nc1cnc2ccccc2c1. The van der Waals surface area contributed by atoms with Crippen molar-refractivity contribution in [2.24, 2.45) is 5.92 Å². The van der Waals surface area contributed by atoms with Gasteiger partial charge in [-0.25, -0.2) is 0 Å². The van der Waals surface area contributed by atoms with Gasteiger partial charge >= 0.3 is 0 Å². The van der Waals surface area contributed by atoms with E-state index in [0.717, 1.165) is 22.2 Å². The van der Waals surface area contributed by atoms with E-state index < -0.39 is 0 Å². The number of carbonyl (C=O) groups excluding carboxylic acids is 2. The highest BCUT2D eigenvalue weighted by molar-refractivity contribution is 5.97. The highest BCUT2D eigenvalue weighted by Gasteiger charge is 2.26. The standard InChI is InChI=1S/C21H19N3O2/c25-20(23-17-12-15-6-1-3-7-18(15)22-13-17)10-9-16-11-14-5-2-4-8-19(14)24-21(16)26/h1-8,12-13,16H,9-11H2,(H,23,25)(H,24,26). The van der Waals surface area contributed by atoms with Gasteiger partial charge in [0.05, 0.1) is 17.4 Å². The van der Waals surface area contributed by atoms with E-state index in [9.17, 15) is 9.59 Å². The molecule has 1 aromatic heterocycles. The van der Waals surface area contributed by atoms with Gasteiger partial charge in [-0.05, 0) is 36.6 Å². The molecule has 130 valence electrons. The van der Waals surface area contributed by atoms with E-state index in [2.05, 4.69) is 15.6 Å². The molecule has 3 aromatic rings. The van der Waals surface area contributed by atoms with E-state index in [0.29, 0.717) is 24.9 Å². The number of benzene rings is 2. The van der Waals surface area contributed by atoms with Crippen molar-refractivity contribution in [2.45, 2.75) is 19.3 Å². The molecule has 0 bridgehead atoms. The number of fused-ring (bicyclic) bond motifs is 2. The third kappa shape index (κ3) is 3.42. The number of aromatic nitrogens is 1. The summed E-state index contributed by atoms with van der Waals surface area (Å²) in [7, 11) is 0. The van der Waals surface area contributed by atoms with Crippen LogP contribution in [0, 0.1) is 5.92 Å². The number of hydrogen-bond acceptors (Lipinski definition) is 3. The molecule has 1 aliphatic rings. The molecule has 1 unspecified atom stereocenters. The van der Waals surface area contributed by atoms with Gasteiger partial charge in [-0.15, -0.1) is 0 Å². The lowest BCUT2D eigenvalue weighted by molar-refractivity contribution is -0.121. The van der Waals surface area contributed by atoms with Gasteiger partial charge in [-0.3, -0.25) is 14.6 Å². The van der Waals surface area contributed by atoms with Gasteiger partial charge < -0.3 is 10.6 Å². The summed E-state index contributed by atoms with van der Waals surface area (Å²) in [5.74, 6) is -0.289. The Morgan fingerprint density at radius 2 is 1.96 bits per heavy atom. The highest BCUT2D eigenvalue weighted by atomic mass is 16.2. The molecule has 0 fully saturated rings. The predicted molar refractivity (Wildman–Crippen MR) is 102 cm³/mol. The molecule has 0 radical (unpaired) electrons. The van der Waals surface area contributed by atoms with Crippen molar-refractivity contribution in [1.29, 1.82) is 0 Å². The fourth-order valence-electron chi connectivity index (χ4n) is 3.31. The van der Waals surface area contributed by atoms with Crippen LogP contribution >= 0.6 is 0 Å². The molecule has 26 heavy (non-hydrogen) atoms. The van der Waals surface area contributed by atoms with Gasteiger partial charge in [0, 0.05) is 23.4 Å². The number of para-hydroxylation sites is 2. The molecule has 1 aliphatic heterocycles. The lowest BCUT2D eigenvalue weighted by atomic mass is 9.89. The van der Waals surface area contributed by atoms with Gasteiger partial charge in [-0.1, -0.05) is 36.4 Å². The Morgan fingerprint density at radius 3 is 2.88 bits per heavy atom. The average Bonchev–Trinajstić information content (AvgIpc) is 2.66. The molecule has 4 rings (SSSR count). The number of anilines is 2. The maximum atomic E-state index is 12.3. The Morgan fingerprint density at radius 1 is 1.15 bits per heavy atom. The average molecular weight is 345 g/mol. The zero-order chi connectivity index (χ0) is 17.9. The lowest BCUT2D eigenvalue weighted by Crippen LogP contribution is -2.30. The molecule has 2 N–H and O–H groups in total. The maximum Gasteiger partial charge on any atom is 0.227 e. The van der Waals surface area contributed by atoms with Crippen molar-refractivity contribution in [1.82, 2.24) is 4.98 Å². The molecular weight excluding hydrogens is 326 g/mol. The molecule has 0 aliphatic carbocycles. The Kier molecular flexibility index (Phi) is 4.35. The topological polar surface area (TPSA) is 71.1 Å². The Labute approximate surface area is 151 Å². The van der Waals surface area contributed by atoms with Crippen molar-refractivity contribution in [3.8, 4) is 0 Å². The maximum absolute atomic E-state index is 12.3. The minimum atomic E-state index is -0.176. The summed E-state index contributed by atoms with van der Waals surface area (Å²) in [4.78, 5) is 28.8. The normalized spacial score (nSPS) is 16.0. The number of rotatable bonds is 4.